The number of hydrogen-bond donors (Lipinski definition) is 2. The molecule has 8 nitrogen and oxygen atoms in total. The van der Waals surface area contributed by atoms with Gasteiger partial charge in [0.25, 0.3) is 0 Å². The van der Waals surface area contributed by atoms with E-state index in [1.807, 2.05) is 0 Å². The quantitative estimate of drug-likeness (QED) is 0.273. The van der Waals surface area contributed by atoms with Crippen molar-refractivity contribution in [2.75, 3.05) is 6.54 Å². The number of pyridine rings is 3. The molecule has 1 aliphatic rings. The molecule has 232 valence electrons. The average Bonchev–Trinajstić information content (AvgIpc) is 3.32. The third-order valence-electron chi connectivity index (χ3n) is 6.38. The minimum Gasteiger partial charge on any atom is -0.356 e. The summed E-state index contributed by atoms with van der Waals surface area (Å²) in [5, 5.41) is 13.1. The standard InChI is InChI=1S/C28H28F7N5O3/c1-26(2,3)43-25(42)40-14-18(29)10-21(40)24(41)38-11-15-8-19(16-4-6-22(36-12-16)27(30,31)32)39-20(9-15)17-5-7-23(37-13-17)28(33,34)35/h4-9,12-13,18,21,25,42H,10-11,14H2,1-3H3,(H,38,41)/t18-,21+,25?/m1/s1. The Morgan fingerprint density at radius 3 is 1.91 bits per heavy atom. The van der Waals surface area contributed by atoms with Gasteiger partial charge in [-0.05, 0) is 62.7 Å². The molecular formula is C28H28F7N5O3. The van der Waals surface area contributed by atoms with Gasteiger partial charge >= 0.3 is 12.4 Å². The highest BCUT2D eigenvalue weighted by Crippen LogP contribution is 2.32. The number of halogens is 7. The first-order valence-electron chi connectivity index (χ1n) is 13.0. The lowest BCUT2D eigenvalue weighted by Gasteiger charge is -2.32. The number of rotatable bonds is 7. The maximum absolute atomic E-state index is 14.3. The highest BCUT2D eigenvalue weighted by molar-refractivity contribution is 5.82. The molecule has 3 aromatic rings. The van der Waals surface area contributed by atoms with Gasteiger partial charge in [0.2, 0.25) is 12.3 Å². The summed E-state index contributed by atoms with van der Waals surface area (Å²) in [6.07, 6.45) is -10.6. The zero-order valence-corrected chi connectivity index (χ0v) is 23.2. The van der Waals surface area contributed by atoms with Crippen LogP contribution in [0.2, 0.25) is 0 Å². The number of aliphatic hydroxyl groups excluding tert-OH is 1. The van der Waals surface area contributed by atoms with Crippen molar-refractivity contribution in [3.05, 3.63) is 65.7 Å². The first-order chi connectivity index (χ1) is 19.9. The number of ether oxygens (including phenoxy) is 1. The van der Waals surface area contributed by atoms with E-state index in [1.165, 1.54) is 17.0 Å². The van der Waals surface area contributed by atoms with Gasteiger partial charge in [-0.25, -0.2) is 14.3 Å². The molecule has 1 amide bonds. The molecule has 4 rings (SSSR count). The van der Waals surface area contributed by atoms with Crippen LogP contribution >= 0.6 is 0 Å². The fourth-order valence-electron chi connectivity index (χ4n) is 4.41. The summed E-state index contributed by atoms with van der Waals surface area (Å²) in [7, 11) is 0. The van der Waals surface area contributed by atoms with Crippen molar-refractivity contribution in [1.82, 2.24) is 25.2 Å². The predicted molar refractivity (Wildman–Crippen MR) is 139 cm³/mol. The molecule has 3 aromatic heterocycles. The Morgan fingerprint density at radius 1 is 0.977 bits per heavy atom. The number of alkyl halides is 7. The molecule has 0 aliphatic carbocycles. The molecule has 0 bridgehead atoms. The second-order valence-corrected chi connectivity index (χ2v) is 10.9. The summed E-state index contributed by atoms with van der Waals surface area (Å²) in [6.45, 7) is 4.66. The van der Waals surface area contributed by atoms with Crippen molar-refractivity contribution >= 4 is 5.91 Å². The van der Waals surface area contributed by atoms with E-state index in [2.05, 4.69) is 20.3 Å². The second-order valence-electron chi connectivity index (χ2n) is 10.9. The van der Waals surface area contributed by atoms with Crippen molar-refractivity contribution in [3.8, 4) is 22.5 Å². The first kappa shape index (κ1) is 32.2. The number of carbonyl (C=O) groups excluding carboxylic acids is 1. The topological polar surface area (TPSA) is 100 Å². The van der Waals surface area contributed by atoms with E-state index >= 15 is 0 Å². The summed E-state index contributed by atoms with van der Waals surface area (Å²) in [5.74, 6) is -0.621. The van der Waals surface area contributed by atoms with Gasteiger partial charge in [0, 0.05) is 43.0 Å². The molecule has 43 heavy (non-hydrogen) atoms. The van der Waals surface area contributed by atoms with E-state index in [1.54, 1.807) is 20.8 Å². The molecule has 0 radical (unpaired) electrons. The van der Waals surface area contributed by atoms with E-state index in [4.69, 9.17) is 4.74 Å². The second kappa shape index (κ2) is 12.1. The van der Waals surface area contributed by atoms with Gasteiger partial charge in [0.05, 0.1) is 23.0 Å². The van der Waals surface area contributed by atoms with Crippen molar-refractivity contribution in [2.45, 2.75) is 70.3 Å². The van der Waals surface area contributed by atoms with Crippen molar-refractivity contribution < 1.29 is 45.4 Å². The Bertz CT molecular complexity index is 1350. The fourth-order valence-corrected chi connectivity index (χ4v) is 4.41. The molecule has 2 N–H and O–H groups in total. The minimum atomic E-state index is -4.67. The highest BCUT2D eigenvalue weighted by atomic mass is 19.4. The number of carbonyl (C=O) groups is 1. The van der Waals surface area contributed by atoms with Crippen LogP contribution in [-0.4, -0.2) is 61.6 Å². The van der Waals surface area contributed by atoms with Crippen LogP contribution in [-0.2, 0) is 28.4 Å². The monoisotopic (exact) mass is 615 g/mol. The SMILES string of the molecule is CC(C)(C)OC(O)N1C[C@H](F)C[C@H]1C(=O)NCc1cc(-c2ccc(C(F)(F)F)nc2)nc(-c2ccc(C(F)(F)F)nc2)c1. The zero-order chi connectivity index (χ0) is 31.7. The number of aromatic nitrogens is 3. The van der Waals surface area contributed by atoms with E-state index in [0.717, 1.165) is 36.7 Å². The molecule has 15 heteroatoms. The lowest BCUT2D eigenvalue weighted by molar-refractivity contribution is -0.242. The average molecular weight is 616 g/mol. The van der Waals surface area contributed by atoms with Crippen LogP contribution in [0, 0.1) is 0 Å². The Labute approximate surface area is 241 Å². The molecule has 1 aliphatic heterocycles. The Kier molecular flexibility index (Phi) is 9.09. The number of likely N-dealkylation sites (tertiary alicyclic amines) is 1. The smallest absolute Gasteiger partial charge is 0.356 e. The lowest BCUT2D eigenvalue weighted by Crippen LogP contribution is -2.50. The maximum Gasteiger partial charge on any atom is 0.433 e. The lowest BCUT2D eigenvalue weighted by atomic mass is 10.1. The minimum absolute atomic E-state index is 0.128. The van der Waals surface area contributed by atoms with Gasteiger partial charge in [0.15, 0.2) is 0 Å². The molecule has 0 spiro atoms. The molecule has 0 aromatic carbocycles. The fraction of sp³-hybridized carbons (Fsp3) is 0.429. The summed E-state index contributed by atoms with van der Waals surface area (Å²) >= 11 is 0. The molecule has 0 saturated carbocycles. The Balaban J connectivity index is 1.62. The Morgan fingerprint density at radius 2 is 1.49 bits per heavy atom. The van der Waals surface area contributed by atoms with Crippen molar-refractivity contribution in [3.63, 3.8) is 0 Å². The number of amides is 1. The van der Waals surface area contributed by atoms with E-state index in [0.29, 0.717) is 5.56 Å². The molecule has 1 fully saturated rings. The zero-order valence-electron chi connectivity index (χ0n) is 23.2. The van der Waals surface area contributed by atoms with Crippen LogP contribution in [0.1, 0.15) is 44.1 Å². The van der Waals surface area contributed by atoms with Crippen LogP contribution in [0.3, 0.4) is 0 Å². The van der Waals surface area contributed by atoms with Gasteiger partial charge in [-0.2, -0.15) is 26.3 Å². The number of nitrogens with zero attached hydrogens (tertiary/aromatic N) is 4. The van der Waals surface area contributed by atoms with Crippen molar-refractivity contribution in [1.29, 1.82) is 0 Å². The largest absolute Gasteiger partial charge is 0.433 e. The molecular weight excluding hydrogens is 587 g/mol. The van der Waals surface area contributed by atoms with Gasteiger partial charge in [-0.1, -0.05) is 0 Å². The first-order valence-corrected chi connectivity index (χ1v) is 13.0. The van der Waals surface area contributed by atoms with Crippen LogP contribution < -0.4 is 5.32 Å². The van der Waals surface area contributed by atoms with Gasteiger partial charge in [-0.15, -0.1) is 0 Å². The van der Waals surface area contributed by atoms with Crippen LogP contribution in [0.4, 0.5) is 30.7 Å². The molecule has 1 unspecified atom stereocenters. The number of aliphatic hydroxyl groups is 1. The van der Waals surface area contributed by atoms with Gasteiger partial charge in [0.1, 0.15) is 17.6 Å². The number of nitrogens with one attached hydrogen (secondary N) is 1. The summed E-state index contributed by atoms with van der Waals surface area (Å²) in [5.41, 5.74) is -2.06. The third-order valence-corrected chi connectivity index (χ3v) is 6.38. The van der Waals surface area contributed by atoms with E-state index in [9.17, 15) is 40.6 Å². The van der Waals surface area contributed by atoms with Crippen LogP contribution in [0.5, 0.6) is 0 Å². The summed E-state index contributed by atoms with van der Waals surface area (Å²) in [6, 6.07) is 5.68. The summed E-state index contributed by atoms with van der Waals surface area (Å²) < 4.78 is 97.9. The molecule has 4 heterocycles. The van der Waals surface area contributed by atoms with Crippen molar-refractivity contribution in [2.24, 2.45) is 0 Å². The number of hydrogen-bond acceptors (Lipinski definition) is 7. The van der Waals surface area contributed by atoms with E-state index in [-0.39, 0.29) is 42.0 Å². The van der Waals surface area contributed by atoms with Gasteiger partial charge < -0.3 is 15.2 Å². The van der Waals surface area contributed by atoms with E-state index < -0.39 is 53.9 Å². The predicted octanol–water partition coefficient (Wildman–Crippen LogP) is 5.36. The Hall–Kier alpha value is -3.69. The van der Waals surface area contributed by atoms with Crippen LogP contribution in [0.25, 0.3) is 22.5 Å². The summed E-state index contributed by atoms with van der Waals surface area (Å²) in [4.78, 5) is 25.5. The van der Waals surface area contributed by atoms with Crippen LogP contribution in [0.15, 0.2) is 48.8 Å². The molecule has 1 saturated heterocycles. The highest BCUT2D eigenvalue weighted by Gasteiger charge is 2.41. The normalized spacial score (nSPS) is 19.0. The maximum atomic E-state index is 14.3. The molecule has 3 atom stereocenters. The third kappa shape index (κ3) is 8.24. The van der Waals surface area contributed by atoms with Gasteiger partial charge in [-0.3, -0.25) is 14.8 Å².